The topological polar surface area (TPSA) is 60.2 Å². The highest BCUT2D eigenvalue weighted by Gasteiger charge is 2.18. The number of anilines is 1. The van der Waals surface area contributed by atoms with Gasteiger partial charge >= 0.3 is 0 Å². The van der Waals surface area contributed by atoms with E-state index in [9.17, 15) is 0 Å². The molecule has 1 aromatic heterocycles. The van der Waals surface area contributed by atoms with Crippen molar-refractivity contribution < 1.29 is 4.74 Å². The Kier molecular flexibility index (Phi) is 3.12. The monoisotopic (exact) mass is 257 g/mol. The summed E-state index contributed by atoms with van der Waals surface area (Å²) in [6.45, 7) is 5.70. The van der Waals surface area contributed by atoms with Crippen LogP contribution >= 0.6 is 0 Å². The maximum Gasteiger partial charge on any atom is 0.0755 e. The molecule has 0 fully saturated rings. The van der Waals surface area contributed by atoms with Crippen LogP contribution in [-0.4, -0.2) is 11.6 Å². The van der Waals surface area contributed by atoms with Gasteiger partial charge in [-0.1, -0.05) is 19.9 Å². The molecule has 0 aliphatic carbocycles. The summed E-state index contributed by atoms with van der Waals surface area (Å²) in [5, 5.41) is 1.08. The molecule has 0 unspecified atom stereocenters. The lowest BCUT2D eigenvalue weighted by Gasteiger charge is -2.21. The van der Waals surface area contributed by atoms with Crippen LogP contribution in [0.5, 0.6) is 0 Å². The molecule has 0 saturated heterocycles. The largest absolute Gasteiger partial charge is 0.376 e. The number of nitrogens with two attached hydrogens (primary N) is 1. The van der Waals surface area contributed by atoms with Gasteiger partial charge in [0.1, 0.15) is 0 Å². The van der Waals surface area contributed by atoms with Gasteiger partial charge in [0.2, 0.25) is 0 Å². The first-order valence-corrected chi connectivity index (χ1v) is 6.70. The third kappa shape index (κ3) is 2.07. The van der Waals surface area contributed by atoms with Gasteiger partial charge in [0.25, 0.3) is 0 Å². The second-order valence-electron chi connectivity index (χ2n) is 5.29. The number of pyridine rings is 1. The van der Waals surface area contributed by atoms with Crippen molar-refractivity contribution in [3.05, 3.63) is 35.0 Å². The summed E-state index contributed by atoms with van der Waals surface area (Å²) in [5.41, 5.74) is 8.30. The van der Waals surface area contributed by atoms with Crippen molar-refractivity contribution in [3.63, 3.8) is 0 Å². The van der Waals surface area contributed by atoms with E-state index >= 15 is 0 Å². The normalized spacial score (nSPS) is 14.7. The van der Waals surface area contributed by atoms with Crippen LogP contribution in [0.15, 0.2) is 18.2 Å². The zero-order chi connectivity index (χ0) is 13.4. The summed E-state index contributed by atoms with van der Waals surface area (Å²) in [6, 6.07) is 6.41. The van der Waals surface area contributed by atoms with Crippen LogP contribution in [0.4, 0.5) is 5.69 Å². The third-order valence-electron chi connectivity index (χ3n) is 3.74. The summed E-state index contributed by atoms with van der Waals surface area (Å²) in [6.07, 6.45) is 0.853. The molecular weight excluding hydrogens is 238 g/mol. The van der Waals surface area contributed by atoms with Crippen LogP contribution in [0, 0.1) is 0 Å². The Morgan fingerprint density at radius 2 is 2.21 bits per heavy atom. The average molecular weight is 257 g/mol. The zero-order valence-corrected chi connectivity index (χ0v) is 11.4. The molecule has 100 valence electrons. The molecule has 3 rings (SSSR count). The molecule has 0 amide bonds. The molecule has 1 aromatic carbocycles. The van der Waals surface area contributed by atoms with E-state index in [4.69, 9.17) is 15.6 Å². The van der Waals surface area contributed by atoms with Gasteiger partial charge in [-0.3, -0.25) is 10.8 Å². The van der Waals surface area contributed by atoms with Crippen LogP contribution in [0.1, 0.15) is 36.6 Å². The minimum absolute atomic E-state index is 0.488. The molecular formula is C15H19N3O. The average Bonchev–Trinajstić information content (AvgIpc) is 2.44. The fourth-order valence-corrected chi connectivity index (χ4v) is 2.60. The number of nitrogen functional groups attached to an aromatic ring is 1. The molecule has 4 nitrogen and oxygen atoms in total. The number of ether oxygens (including phenoxy) is 1. The second kappa shape index (κ2) is 4.79. The number of hydrogen-bond donors (Lipinski definition) is 2. The molecule has 1 aliphatic rings. The van der Waals surface area contributed by atoms with Gasteiger partial charge in [-0.25, -0.2) is 0 Å². The van der Waals surface area contributed by atoms with Crippen molar-refractivity contribution in [3.8, 4) is 0 Å². The number of nitrogens with one attached hydrogen (secondary N) is 1. The maximum atomic E-state index is 5.73. The van der Waals surface area contributed by atoms with E-state index < -0.39 is 0 Å². The third-order valence-corrected chi connectivity index (χ3v) is 3.74. The zero-order valence-electron chi connectivity index (χ0n) is 11.4. The number of hydrogen-bond acceptors (Lipinski definition) is 4. The van der Waals surface area contributed by atoms with E-state index in [1.165, 1.54) is 5.56 Å². The van der Waals surface area contributed by atoms with Crippen LogP contribution in [0.2, 0.25) is 0 Å². The van der Waals surface area contributed by atoms with E-state index in [2.05, 4.69) is 37.5 Å². The van der Waals surface area contributed by atoms with Gasteiger partial charge in [-0.2, -0.15) is 0 Å². The number of hydrazine groups is 1. The standard InChI is InChI=1S/C15H19N3O/c1-9(2)10-3-4-13-11(7-10)15(18-16)12-8-19-6-5-14(12)17-13/h3-4,7,9H,5-6,8,16H2,1-2H3,(H,17,18). The first-order valence-electron chi connectivity index (χ1n) is 6.70. The van der Waals surface area contributed by atoms with Crippen LogP contribution in [-0.2, 0) is 17.8 Å². The predicted octanol–water partition coefficient (Wildman–Crippen LogP) is 2.72. The lowest BCUT2D eigenvalue weighted by Crippen LogP contribution is -2.18. The van der Waals surface area contributed by atoms with Crippen molar-refractivity contribution in [1.29, 1.82) is 0 Å². The molecule has 2 heterocycles. The molecule has 0 spiro atoms. The first-order chi connectivity index (χ1) is 9.20. The number of benzene rings is 1. The van der Waals surface area contributed by atoms with E-state index in [1.54, 1.807) is 0 Å². The minimum Gasteiger partial charge on any atom is -0.376 e. The van der Waals surface area contributed by atoms with E-state index in [1.807, 2.05) is 0 Å². The predicted molar refractivity (Wildman–Crippen MR) is 77.0 cm³/mol. The molecule has 0 atom stereocenters. The Morgan fingerprint density at radius 1 is 1.37 bits per heavy atom. The van der Waals surface area contributed by atoms with Crippen LogP contribution < -0.4 is 11.3 Å². The summed E-state index contributed by atoms with van der Waals surface area (Å²) >= 11 is 0. The smallest absolute Gasteiger partial charge is 0.0755 e. The highest BCUT2D eigenvalue weighted by atomic mass is 16.5. The fraction of sp³-hybridized carbons (Fsp3) is 0.400. The summed E-state index contributed by atoms with van der Waals surface area (Å²) in [7, 11) is 0. The van der Waals surface area contributed by atoms with Crippen molar-refractivity contribution in [2.45, 2.75) is 32.8 Å². The number of rotatable bonds is 2. The Labute approximate surface area is 112 Å². The van der Waals surface area contributed by atoms with E-state index in [-0.39, 0.29) is 0 Å². The van der Waals surface area contributed by atoms with E-state index in [0.717, 1.165) is 40.9 Å². The minimum atomic E-state index is 0.488. The van der Waals surface area contributed by atoms with Gasteiger partial charge < -0.3 is 10.2 Å². The molecule has 19 heavy (non-hydrogen) atoms. The molecule has 1 aliphatic heterocycles. The molecule has 3 N–H and O–H groups in total. The van der Waals surface area contributed by atoms with Crippen LogP contribution in [0.25, 0.3) is 10.9 Å². The lowest BCUT2D eigenvalue weighted by atomic mass is 9.97. The van der Waals surface area contributed by atoms with Crippen molar-refractivity contribution >= 4 is 16.6 Å². The number of fused-ring (bicyclic) bond motifs is 2. The highest BCUT2D eigenvalue weighted by molar-refractivity contribution is 5.93. The number of nitrogens with zero attached hydrogens (tertiary/aromatic N) is 1. The highest BCUT2D eigenvalue weighted by Crippen LogP contribution is 2.32. The van der Waals surface area contributed by atoms with Gasteiger partial charge in [-0.15, -0.1) is 0 Å². The molecule has 0 bridgehead atoms. The first kappa shape index (κ1) is 12.4. The van der Waals surface area contributed by atoms with Crippen LogP contribution in [0.3, 0.4) is 0 Å². The van der Waals surface area contributed by atoms with E-state index in [0.29, 0.717) is 12.5 Å². The molecule has 2 aromatic rings. The maximum absolute atomic E-state index is 5.73. The molecule has 4 heteroatoms. The lowest BCUT2D eigenvalue weighted by molar-refractivity contribution is 0.110. The molecule has 0 radical (unpaired) electrons. The Balaban J connectivity index is 2.28. The van der Waals surface area contributed by atoms with Gasteiger partial charge in [0.05, 0.1) is 30.1 Å². The van der Waals surface area contributed by atoms with Gasteiger partial charge in [-0.05, 0) is 23.6 Å². The summed E-state index contributed by atoms with van der Waals surface area (Å²) in [4.78, 5) is 4.75. The van der Waals surface area contributed by atoms with Crippen molar-refractivity contribution in [2.75, 3.05) is 12.0 Å². The Morgan fingerprint density at radius 3 is 2.95 bits per heavy atom. The SMILES string of the molecule is CC(C)c1ccc2nc3c(c(NN)c2c1)COCC3. The second-order valence-corrected chi connectivity index (χ2v) is 5.29. The summed E-state index contributed by atoms with van der Waals surface area (Å²) < 4.78 is 5.53. The molecule has 0 saturated carbocycles. The van der Waals surface area contributed by atoms with Gasteiger partial charge in [0.15, 0.2) is 0 Å². The quantitative estimate of drug-likeness (QED) is 0.641. The van der Waals surface area contributed by atoms with Crippen molar-refractivity contribution in [1.82, 2.24) is 4.98 Å². The Hall–Kier alpha value is -1.65. The summed E-state index contributed by atoms with van der Waals surface area (Å²) in [5.74, 6) is 6.22. The fourth-order valence-electron chi connectivity index (χ4n) is 2.60. The van der Waals surface area contributed by atoms with Gasteiger partial charge in [0, 0.05) is 17.4 Å². The number of aromatic nitrogens is 1. The Bertz CT molecular complexity index is 622. The van der Waals surface area contributed by atoms with Crippen molar-refractivity contribution in [2.24, 2.45) is 5.84 Å².